The molecule has 128 valence electrons. The van der Waals surface area contributed by atoms with E-state index in [0.717, 1.165) is 0 Å². The van der Waals surface area contributed by atoms with Crippen molar-refractivity contribution in [3.63, 3.8) is 0 Å². The van der Waals surface area contributed by atoms with Gasteiger partial charge in [0.25, 0.3) is 5.91 Å². The second kappa shape index (κ2) is 8.07. The quantitative estimate of drug-likeness (QED) is 0.651. The van der Waals surface area contributed by atoms with Gasteiger partial charge < -0.3 is 10.4 Å². The molecule has 0 heterocycles. The number of carbonyl (C=O) groups is 2. The lowest BCUT2D eigenvalue weighted by Crippen LogP contribution is -2.44. The van der Waals surface area contributed by atoms with Gasteiger partial charge in [-0.3, -0.25) is 4.79 Å². The Morgan fingerprint density at radius 1 is 1.17 bits per heavy atom. The molecule has 1 amide bonds. The van der Waals surface area contributed by atoms with E-state index < -0.39 is 27.9 Å². The van der Waals surface area contributed by atoms with Crippen molar-refractivity contribution in [2.75, 3.05) is 5.75 Å². The van der Waals surface area contributed by atoms with Crippen LogP contribution in [0, 0.1) is 5.92 Å². The van der Waals surface area contributed by atoms with E-state index in [1.54, 1.807) is 32.9 Å². The molecule has 3 N–H and O–H groups in total. The van der Waals surface area contributed by atoms with Gasteiger partial charge in [-0.25, -0.2) is 17.9 Å². The maximum absolute atomic E-state index is 12.1. The molecule has 1 atom stereocenters. The van der Waals surface area contributed by atoms with Gasteiger partial charge in [-0.1, -0.05) is 26.0 Å². The highest BCUT2D eigenvalue weighted by atomic mass is 32.2. The summed E-state index contributed by atoms with van der Waals surface area (Å²) in [4.78, 5) is 23.1. The Bertz CT molecular complexity index is 653. The minimum atomic E-state index is -3.27. The fraction of sp³-hybridized carbons (Fsp3) is 0.467. The zero-order chi connectivity index (χ0) is 17.6. The Morgan fingerprint density at radius 2 is 1.74 bits per heavy atom. The van der Waals surface area contributed by atoms with E-state index in [0.29, 0.717) is 11.1 Å². The molecule has 0 radical (unpaired) electrons. The summed E-state index contributed by atoms with van der Waals surface area (Å²) in [6.07, 6.45) is 0. The van der Waals surface area contributed by atoms with Gasteiger partial charge in [-0.05, 0) is 30.5 Å². The maximum atomic E-state index is 12.1. The van der Waals surface area contributed by atoms with Gasteiger partial charge in [-0.15, -0.1) is 0 Å². The third-order valence-electron chi connectivity index (χ3n) is 3.31. The summed E-state index contributed by atoms with van der Waals surface area (Å²) < 4.78 is 25.2. The summed E-state index contributed by atoms with van der Waals surface area (Å²) >= 11 is 0. The molecule has 0 aliphatic rings. The summed E-state index contributed by atoms with van der Waals surface area (Å²) in [6.45, 7) is 5.11. The summed E-state index contributed by atoms with van der Waals surface area (Å²) in [5.74, 6) is -1.80. The first-order chi connectivity index (χ1) is 10.7. The first-order valence-corrected chi connectivity index (χ1v) is 8.91. The van der Waals surface area contributed by atoms with Gasteiger partial charge in [0.05, 0.1) is 5.75 Å². The highest BCUT2D eigenvalue weighted by Gasteiger charge is 2.23. The van der Waals surface area contributed by atoms with E-state index in [1.165, 1.54) is 12.1 Å². The van der Waals surface area contributed by atoms with Crippen molar-refractivity contribution in [1.29, 1.82) is 0 Å². The second-order valence-corrected chi connectivity index (χ2v) is 7.55. The first-order valence-electron chi connectivity index (χ1n) is 7.26. The molecule has 0 aliphatic carbocycles. The molecule has 0 saturated carbocycles. The Labute approximate surface area is 136 Å². The SMILES string of the molecule is CCS(=O)(=O)NCc1ccc(C(=O)NC(C(=O)O)C(C)C)cc1. The average Bonchev–Trinajstić information content (AvgIpc) is 2.50. The number of carbonyl (C=O) groups excluding carboxylic acids is 1. The molecule has 0 bridgehead atoms. The molecule has 0 saturated heterocycles. The molecule has 23 heavy (non-hydrogen) atoms. The van der Waals surface area contributed by atoms with Crippen LogP contribution in [0.5, 0.6) is 0 Å². The molecule has 0 fully saturated rings. The van der Waals surface area contributed by atoms with Gasteiger partial charge in [0.1, 0.15) is 6.04 Å². The molecule has 7 nitrogen and oxygen atoms in total. The summed E-state index contributed by atoms with van der Waals surface area (Å²) in [5.41, 5.74) is 1.02. The number of benzene rings is 1. The van der Waals surface area contributed by atoms with E-state index in [4.69, 9.17) is 5.11 Å². The minimum absolute atomic E-state index is 0.000726. The van der Waals surface area contributed by atoms with Crippen molar-refractivity contribution < 1.29 is 23.1 Å². The van der Waals surface area contributed by atoms with Crippen molar-refractivity contribution in [2.45, 2.75) is 33.4 Å². The number of hydrogen-bond donors (Lipinski definition) is 3. The van der Waals surface area contributed by atoms with Crippen LogP contribution in [0.3, 0.4) is 0 Å². The molecule has 1 rings (SSSR count). The second-order valence-electron chi connectivity index (χ2n) is 5.45. The molecule has 0 aliphatic heterocycles. The van der Waals surface area contributed by atoms with Gasteiger partial charge in [0.2, 0.25) is 10.0 Å². The average molecular weight is 342 g/mol. The molecule has 0 spiro atoms. The summed E-state index contributed by atoms with van der Waals surface area (Å²) in [7, 11) is -3.27. The van der Waals surface area contributed by atoms with E-state index >= 15 is 0 Å². The van der Waals surface area contributed by atoms with Gasteiger partial charge in [0, 0.05) is 12.1 Å². The van der Waals surface area contributed by atoms with Gasteiger partial charge in [-0.2, -0.15) is 0 Å². The zero-order valence-electron chi connectivity index (χ0n) is 13.4. The topological polar surface area (TPSA) is 113 Å². The lowest BCUT2D eigenvalue weighted by atomic mass is 10.0. The normalized spacial score (nSPS) is 12.9. The standard InChI is InChI=1S/C15H22N2O5S/c1-4-23(21,22)16-9-11-5-7-12(8-6-11)14(18)17-13(10(2)3)15(19)20/h5-8,10,13,16H,4,9H2,1-3H3,(H,17,18)(H,19,20). The lowest BCUT2D eigenvalue weighted by Gasteiger charge is -2.18. The van der Waals surface area contributed by atoms with Crippen LogP contribution >= 0.6 is 0 Å². The molecule has 1 aromatic rings. The Balaban J connectivity index is 2.72. The van der Waals surface area contributed by atoms with E-state index in [9.17, 15) is 18.0 Å². The Morgan fingerprint density at radius 3 is 2.17 bits per heavy atom. The van der Waals surface area contributed by atoms with E-state index in [1.807, 2.05) is 0 Å². The minimum Gasteiger partial charge on any atom is -0.480 e. The zero-order valence-corrected chi connectivity index (χ0v) is 14.2. The first kappa shape index (κ1) is 19.1. The summed E-state index contributed by atoms with van der Waals surface area (Å²) in [6, 6.07) is 5.35. The van der Waals surface area contributed by atoms with Crippen molar-refractivity contribution in [3.8, 4) is 0 Å². The van der Waals surface area contributed by atoms with Gasteiger partial charge in [0.15, 0.2) is 0 Å². The predicted octanol–water partition coefficient (Wildman–Crippen LogP) is 0.965. The molecule has 1 aromatic carbocycles. The molecule has 0 aromatic heterocycles. The Kier molecular flexibility index (Phi) is 6.71. The molecular weight excluding hydrogens is 320 g/mol. The third kappa shape index (κ3) is 5.99. The predicted molar refractivity (Wildman–Crippen MR) is 86.5 cm³/mol. The number of hydrogen-bond acceptors (Lipinski definition) is 4. The third-order valence-corrected chi connectivity index (χ3v) is 4.66. The fourth-order valence-electron chi connectivity index (χ4n) is 1.81. The van der Waals surface area contributed by atoms with Crippen LogP contribution in [0.1, 0.15) is 36.7 Å². The number of amides is 1. The van der Waals surface area contributed by atoms with Crippen LogP contribution in [0.15, 0.2) is 24.3 Å². The van der Waals surface area contributed by atoms with Crippen molar-refractivity contribution >= 4 is 21.9 Å². The van der Waals surface area contributed by atoms with Gasteiger partial charge >= 0.3 is 5.97 Å². The molecule has 8 heteroatoms. The van der Waals surface area contributed by atoms with Crippen molar-refractivity contribution in [1.82, 2.24) is 10.0 Å². The van der Waals surface area contributed by atoms with Crippen molar-refractivity contribution in [2.24, 2.45) is 5.92 Å². The Hall–Kier alpha value is -1.93. The number of sulfonamides is 1. The fourth-order valence-corrected chi connectivity index (χ4v) is 2.40. The highest BCUT2D eigenvalue weighted by Crippen LogP contribution is 2.08. The monoisotopic (exact) mass is 342 g/mol. The lowest BCUT2D eigenvalue weighted by molar-refractivity contribution is -0.140. The van der Waals surface area contributed by atoms with Crippen LogP contribution in [0.2, 0.25) is 0 Å². The smallest absolute Gasteiger partial charge is 0.326 e. The highest BCUT2D eigenvalue weighted by molar-refractivity contribution is 7.89. The summed E-state index contributed by atoms with van der Waals surface area (Å²) in [5, 5.41) is 11.5. The number of aliphatic carboxylic acids is 1. The van der Waals surface area contributed by atoms with Crippen molar-refractivity contribution in [3.05, 3.63) is 35.4 Å². The number of nitrogens with one attached hydrogen (secondary N) is 2. The van der Waals surface area contributed by atoms with Crippen LogP contribution in [-0.2, 0) is 21.4 Å². The maximum Gasteiger partial charge on any atom is 0.326 e. The molecule has 1 unspecified atom stereocenters. The number of rotatable bonds is 8. The van der Waals surface area contributed by atoms with E-state index in [2.05, 4.69) is 10.0 Å². The van der Waals surface area contributed by atoms with E-state index in [-0.39, 0.29) is 18.2 Å². The number of carboxylic acids is 1. The van der Waals surface area contributed by atoms with Crippen LogP contribution in [0.25, 0.3) is 0 Å². The van der Waals surface area contributed by atoms with Crippen LogP contribution in [0.4, 0.5) is 0 Å². The van der Waals surface area contributed by atoms with Crippen LogP contribution in [-0.4, -0.2) is 37.2 Å². The number of carboxylic acid groups (broad SMARTS) is 1. The largest absolute Gasteiger partial charge is 0.480 e. The molecular formula is C15H22N2O5S. The van der Waals surface area contributed by atoms with Crippen LogP contribution < -0.4 is 10.0 Å².